The van der Waals surface area contributed by atoms with Crippen LogP contribution < -0.4 is 0 Å². The standard InChI is InChI=1S/C5H10.C4H8/c1-3-5-4-2;1-4(2)3/h3H,1,4-5H2,2H3;1H2,2-3H3. The number of unbranched alkanes of at least 4 members (excludes halogenated alkanes) is 1. The molecule has 0 aliphatic heterocycles. The smallest absolute Gasteiger partial charge is 0.0356 e. The van der Waals surface area contributed by atoms with Crippen molar-refractivity contribution in [1.29, 1.82) is 0 Å². The maximum absolute atomic E-state index is 3.56. The quantitative estimate of drug-likeness (QED) is 0.496. The van der Waals surface area contributed by atoms with E-state index < -0.39 is 0 Å². The summed E-state index contributed by atoms with van der Waals surface area (Å²) in [7, 11) is 0. The Morgan fingerprint density at radius 2 is 1.78 bits per heavy atom. The summed E-state index contributed by atoms with van der Waals surface area (Å²) in [5.74, 6) is 0. The van der Waals surface area contributed by atoms with Crippen LogP contribution >= 0.6 is 0 Å². The van der Waals surface area contributed by atoms with E-state index in [1.807, 2.05) is 19.9 Å². The first-order valence-electron chi connectivity index (χ1n) is 3.38. The van der Waals surface area contributed by atoms with Crippen molar-refractivity contribution < 1.29 is 0 Å². The molecule has 0 aliphatic rings. The zero-order chi connectivity index (χ0) is 7.70. The molecule has 0 unspecified atom stereocenters. The number of rotatable bonds is 2. The molecule has 0 saturated heterocycles. The highest BCUT2D eigenvalue weighted by atomic mass is 13.7. The molecular weight excluding hydrogens is 108 g/mol. The molecule has 0 fully saturated rings. The molecule has 0 atom stereocenters. The van der Waals surface area contributed by atoms with Crippen molar-refractivity contribution in [1.82, 2.24) is 0 Å². The van der Waals surface area contributed by atoms with Crippen molar-refractivity contribution in [3.8, 4) is 0 Å². The molecule has 9 heavy (non-hydrogen) atoms. The lowest BCUT2D eigenvalue weighted by molar-refractivity contribution is 0.961. The Hall–Kier alpha value is -0.520. The SMILES string of the molecule is C=C(C)C.C=CCCC. The molecule has 0 heterocycles. The lowest BCUT2D eigenvalue weighted by Crippen LogP contribution is -1.52. The second-order valence-electron chi connectivity index (χ2n) is 2.28. The lowest BCUT2D eigenvalue weighted by atomic mass is 10.3. The van der Waals surface area contributed by atoms with Crippen LogP contribution in [0.3, 0.4) is 0 Å². The van der Waals surface area contributed by atoms with E-state index >= 15 is 0 Å². The molecule has 0 aromatic carbocycles. The van der Waals surface area contributed by atoms with Crippen LogP contribution in [-0.2, 0) is 0 Å². The van der Waals surface area contributed by atoms with Gasteiger partial charge in [-0.1, -0.05) is 25.0 Å². The fourth-order valence-corrected chi connectivity index (χ4v) is 0.204. The van der Waals surface area contributed by atoms with Crippen molar-refractivity contribution in [3.63, 3.8) is 0 Å². The van der Waals surface area contributed by atoms with Gasteiger partial charge in [0.15, 0.2) is 0 Å². The Bertz CT molecular complexity index is 66.1. The predicted octanol–water partition coefficient (Wildman–Crippen LogP) is 3.55. The normalized spacial score (nSPS) is 7.00. The zero-order valence-electron chi connectivity index (χ0n) is 6.91. The average molecular weight is 126 g/mol. The van der Waals surface area contributed by atoms with Gasteiger partial charge in [-0.05, 0) is 20.3 Å². The molecule has 54 valence electrons. The summed E-state index contributed by atoms with van der Waals surface area (Å²) in [6.07, 6.45) is 4.31. The highest BCUT2D eigenvalue weighted by Gasteiger charge is 1.61. The van der Waals surface area contributed by atoms with E-state index in [1.165, 1.54) is 12.0 Å². The Morgan fingerprint density at radius 3 is 1.78 bits per heavy atom. The predicted molar refractivity (Wildman–Crippen MR) is 45.6 cm³/mol. The molecule has 0 rings (SSSR count). The monoisotopic (exact) mass is 126 g/mol. The summed E-state index contributed by atoms with van der Waals surface area (Å²) in [4.78, 5) is 0. The first kappa shape index (κ1) is 11.3. The van der Waals surface area contributed by atoms with Crippen molar-refractivity contribution in [2.75, 3.05) is 0 Å². The van der Waals surface area contributed by atoms with Gasteiger partial charge >= 0.3 is 0 Å². The van der Waals surface area contributed by atoms with Crippen LogP contribution in [-0.4, -0.2) is 0 Å². The third kappa shape index (κ3) is 103. The third-order valence-corrected chi connectivity index (χ3v) is 0.493. The molecule has 0 aliphatic carbocycles. The number of allylic oxidation sites excluding steroid dienone is 2. The van der Waals surface area contributed by atoms with Crippen molar-refractivity contribution in [3.05, 3.63) is 24.8 Å². The largest absolute Gasteiger partial charge is 0.103 e. The highest BCUT2D eigenvalue weighted by molar-refractivity contribution is 4.78. The molecule has 0 bridgehead atoms. The molecule has 0 aromatic heterocycles. The van der Waals surface area contributed by atoms with E-state index in [-0.39, 0.29) is 0 Å². The van der Waals surface area contributed by atoms with Gasteiger partial charge in [0, 0.05) is 0 Å². The Morgan fingerprint density at radius 1 is 1.44 bits per heavy atom. The number of hydrogen-bond acceptors (Lipinski definition) is 0. The van der Waals surface area contributed by atoms with Gasteiger partial charge in [0.25, 0.3) is 0 Å². The second-order valence-corrected chi connectivity index (χ2v) is 2.28. The lowest BCUT2D eigenvalue weighted by Gasteiger charge is -1.72. The first-order valence-corrected chi connectivity index (χ1v) is 3.38. The Labute approximate surface area is 59.3 Å². The van der Waals surface area contributed by atoms with Crippen molar-refractivity contribution >= 4 is 0 Å². The minimum absolute atomic E-state index is 1.15. The maximum atomic E-state index is 3.56. The Balaban J connectivity index is 0. The van der Waals surface area contributed by atoms with Crippen molar-refractivity contribution in [2.24, 2.45) is 0 Å². The van der Waals surface area contributed by atoms with Gasteiger partial charge in [0.2, 0.25) is 0 Å². The van der Waals surface area contributed by atoms with Gasteiger partial charge in [-0.2, -0.15) is 0 Å². The van der Waals surface area contributed by atoms with E-state index in [2.05, 4.69) is 20.1 Å². The van der Waals surface area contributed by atoms with Crippen LogP contribution in [0.4, 0.5) is 0 Å². The third-order valence-electron chi connectivity index (χ3n) is 0.493. The van der Waals surface area contributed by atoms with Gasteiger partial charge in [-0.3, -0.25) is 0 Å². The molecule has 0 saturated carbocycles. The summed E-state index contributed by atoms with van der Waals surface area (Å²) < 4.78 is 0. The summed E-state index contributed by atoms with van der Waals surface area (Å²) in [6.45, 7) is 13.2. The summed E-state index contributed by atoms with van der Waals surface area (Å²) >= 11 is 0. The molecule has 0 radical (unpaired) electrons. The van der Waals surface area contributed by atoms with E-state index in [1.54, 1.807) is 0 Å². The molecule has 0 amide bonds. The minimum atomic E-state index is 1.15. The molecule has 0 heteroatoms. The minimum Gasteiger partial charge on any atom is -0.103 e. The molecular formula is C9H18. The maximum Gasteiger partial charge on any atom is -0.0356 e. The Kier molecular flexibility index (Phi) is 13.1. The average Bonchev–Trinajstić information content (AvgIpc) is 1.66. The molecule has 0 N–H and O–H groups in total. The van der Waals surface area contributed by atoms with Crippen LogP contribution in [0.1, 0.15) is 33.6 Å². The van der Waals surface area contributed by atoms with Crippen molar-refractivity contribution in [2.45, 2.75) is 33.6 Å². The van der Waals surface area contributed by atoms with Gasteiger partial charge in [0.05, 0.1) is 0 Å². The number of hydrogen-bond donors (Lipinski definition) is 0. The zero-order valence-corrected chi connectivity index (χ0v) is 6.91. The highest BCUT2D eigenvalue weighted by Crippen LogP contribution is 1.82. The van der Waals surface area contributed by atoms with E-state index in [4.69, 9.17) is 0 Å². The van der Waals surface area contributed by atoms with Gasteiger partial charge in [-0.25, -0.2) is 0 Å². The first-order chi connectivity index (χ1) is 4.15. The van der Waals surface area contributed by atoms with Gasteiger partial charge < -0.3 is 0 Å². The van der Waals surface area contributed by atoms with Crippen LogP contribution in [0.15, 0.2) is 24.8 Å². The fourth-order valence-electron chi connectivity index (χ4n) is 0.204. The van der Waals surface area contributed by atoms with E-state index in [0.717, 1.165) is 6.42 Å². The van der Waals surface area contributed by atoms with Gasteiger partial charge in [-0.15, -0.1) is 13.2 Å². The van der Waals surface area contributed by atoms with E-state index in [0.29, 0.717) is 0 Å². The summed E-state index contributed by atoms with van der Waals surface area (Å²) in [5, 5.41) is 0. The molecule has 0 nitrogen and oxygen atoms in total. The fraction of sp³-hybridized carbons (Fsp3) is 0.556. The molecule has 0 spiro atoms. The topological polar surface area (TPSA) is 0 Å². The van der Waals surface area contributed by atoms with Crippen LogP contribution in [0.25, 0.3) is 0 Å². The molecule has 0 aromatic rings. The summed E-state index contributed by atoms with van der Waals surface area (Å²) in [6, 6.07) is 0. The van der Waals surface area contributed by atoms with Crippen LogP contribution in [0.5, 0.6) is 0 Å². The van der Waals surface area contributed by atoms with Gasteiger partial charge in [0.1, 0.15) is 0 Å². The van der Waals surface area contributed by atoms with E-state index in [9.17, 15) is 0 Å². The second kappa shape index (κ2) is 10.5. The summed E-state index contributed by atoms with van der Waals surface area (Å²) in [5.41, 5.74) is 1.17. The van der Waals surface area contributed by atoms with Crippen LogP contribution in [0, 0.1) is 0 Å². The van der Waals surface area contributed by atoms with Crippen LogP contribution in [0.2, 0.25) is 0 Å².